The molecule has 3 atom stereocenters. The molecule has 2 aliphatic heterocycles. The number of sulfonamides is 1. The molecule has 2 aliphatic rings. The zero-order chi connectivity index (χ0) is 18.9. The Morgan fingerprint density at radius 1 is 1.19 bits per heavy atom. The molecule has 1 aromatic heterocycles. The van der Waals surface area contributed by atoms with Crippen LogP contribution in [0.3, 0.4) is 0 Å². The average Bonchev–Trinajstić information content (AvgIpc) is 3.06. The summed E-state index contributed by atoms with van der Waals surface area (Å²) in [6.07, 6.45) is 7.02. The first kappa shape index (κ1) is 18.7. The molecule has 2 aromatic rings. The summed E-state index contributed by atoms with van der Waals surface area (Å²) in [5.74, 6) is 0.346. The molecule has 2 fully saturated rings. The highest BCUT2D eigenvalue weighted by molar-refractivity contribution is 7.89. The molecule has 0 radical (unpaired) electrons. The zero-order valence-electron chi connectivity index (χ0n) is 15.8. The standard InChI is InChI=1S/C20H28N4O2S/c1-2-23-15-17(14-22-23)27(25,26)24-13-11-18(16-8-4-3-5-9-16)20-19(24)10-6-7-12-21-20/h3-5,8-9,14-15,18-21H,2,6-7,10-13H2,1H3/t18-,19-,20-/m1/s1. The molecule has 4 rings (SSSR count). The number of rotatable bonds is 4. The van der Waals surface area contributed by atoms with Crippen molar-refractivity contribution in [2.24, 2.45) is 0 Å². The maximum Gasteiger partial charge on any atom is 0.246 e. The van der Waals surface area contributed by atoms with Gasteiger partial charge < -0.3 is 5.32 Å². The maximum absolute atomic E-state index is 13.4. The van der Waals surface area contributed by atoms with Gasteiger partial charge in [0, 0.05) is 37.3 Å². The van der Waals surface area contributed by atoms with Crippen molar-refractivity contribution in [3.05, 3.63) is 48.3 Å². The Labute approximate surface area is 161 Å². The number of piperidine rings is 1. The lowest BCUT2D eigenvalue weighted by atomic mass is 9.81. The minimum absolute atomic E-state index is 0.0126. The van der Waals surface area contributed by atoms with E-state index in [1.54, 1.807) is 15.2 Å². The first-order valence-electron chi connectivity index (χ1n) is 9.94. The van der Waals surface area contributed by atoms with E-state index >= 15 is 0 Å². The molecule has 0 amide bonds. The van der Waals surface area contributed by atoms with Crippen LogP contribution in [0.1, 0.15) is 44.1 Å². The van der Waals surface area contributed by atoms with E-state index in [4.69, 9.17) is 0 Å². The van der Waals surface area contributed by atoms with Crippen molar-refractivity contribution < 1.29 is 8.42 Å². The largest absolute Gasteiger partial charge is 0.312 e. The molecule has 3 heterocycles. The van der Waals surface area contributed by atoms with Gasteiger partial charge >= 0.3 is 0 Å². The van der Waals surface area contributed by atoms with Crippen LogP contribution in [0.25, 0.3) is 0 Å². The molecule has 6 nitrogen and oxygen atoms in total. The monoisotopic (exact) mass is 388 g/mol. The Balaban J connectivity index is 1.67. The Bertz CT molecular complexity index is 865. The summed E-state index contributed by atoms with van der Waals surface area (Å²) in [6.45, 7) is 4.13. The number of benzene rings is 1. The predicted molar refractivity (Wildman–Crippen MR) is 105 cm³/mol. The van der Waals surface area contributed by atoms with Gasteiger partial charge in [-0.1, -0.05) is 36.8 Å². The van der Waals surface area contributed by atoms with Crippen LogP contribution in [0.2, 0.25) is 0 Å². The van der Waals surface area contributed by atoms with Gasteiger partial charge in [-0.25, -0.2) is 8.42 Å². The fourth-order valence-electron chi connectivity index (χ4n) is 4.57. The molecule has 0 aliphatic carbocycles. The quantitative estimate of drug-likeness (QED) is 0.874. The van der Waals surface area contributed by atoms with E-state index < -0.39 is 10.0 Å². The highest BCUT2D eigenvalue weighted by Gasteiger charge is 2.44. The van der Waals surface area contributed by atoms with Gasteiger partial charge in [0.25, 0.3) is 0 Å². The third-order valence-corrected chi connectivity index (χ3v) is 7.83. The lowest BCUT2D eigenvalue weighted by molar-refractivity contribution is 0.175. The van der Waals surface area contributed by atoms with E-state index in [0.717, 1.165) is 32.2 Å². The molecule has 146 valence electrons. The molecule has 1 aromatic carbocycles. The van der Waals surface area contributed by atoms with Crippen LogP contribution in [-0.4, -0.2) is 47.7 Å². The zero-order valence-corrected chi connectivity index (χ0v) is 16.6. The van der Waals surface area contributed by atoms with Gasteiger partial charge in [-0.3, -0.25) is 4.68 Å². The molecule has 0 saturated carbocycles. The highest BCUT2D eigenvalue weighted by atomic mass is 32.2. The third-order valence-electron chi connectivity index (χ3n) is 5.95. The lowest BCUT2D eigenvalue weighted by Gasteiger charge is -2.44. The number of nitrogens with zero attached hydrogens (tertiary/aromatic N) is 3. The summed E-state index contributed by atoms with van der Waals surface area (Å²) in [4.78, 5) is 0.311. The van der Waals surface area contributed by atoms with Crippen molar-refractivity contribution in [1.29, 1.82) is 0 Å². The third kappa shape index (κ3) is 3.56. The van der Waals surface area contributed by atoms with E-state index in [1.807, 2.05) is 13.0 Å². The molecule has 1 N–H and O–H groups in total. The van der Waals surface area contributed by atoms with Crippen molar-refractivity contribution in [2.75, 3.05) is 13.1 Å². The first-order valence-corrected chi connectivity index (χ1v) is 11.4. The Morgan fingerprint density at radius 2 is 2.00 bits per heavy atom. The first-order chi connectivity index (χ1) is 13.1. The van der Waals surface area contributed by atoms with Gasteiger partial charge in [0.1, 0.15) is 4.90 Å². The van der Waals surface area contributed by atoms with Crippen molar-refractivity contribution in [1.82, 2.24) is 19.4 Å². The van der Waals surface area contributed by atoms with Crippen LogP contribution >= 0.6 is 0 Å². The summed E-state index contributed by atoms with van der Waals surface area (Å²) in [5.41, 5.74) is 1.30. The predicted octanol–water partition coefficient (Wildman–Crippen LogP) is 2.59. The van der Waals surface area contributed by atoms with Crippen LogP contribution < -0.4 is 5.32 Å². The minimum atomic E-state index is -3.53. The van der Waals surface area contributed by atoms with Crippen LogP contribution in [0.5, 0.6) is 0 Å². The van der Waals surface area contributed by atoms with Gasteiger partial charge in [0.05, 0.1) is 6.20 Å². The van der Waals surface area contributed by atoms with Crippen LogP contribution in [0, 0.1) is 0 Å². The normalized spacial score (nSPS) is 27.1. The van der Waals surface area contributed by atoms with Crippen LogP contribution in [-0.2, 0) is 16.6 Å². The van der Waals surface area contributed by atoms with E-state index in [2.05, 4.69) is 34.7 Å². The number of aryl methyl sites for hydroxylation is 1. The maximum atomic E-state index is 13.4. The minimum Gasteiger partial charge on any atom is -0.312 e. The number of hydrogen-bond donors (Lipinski definition) is 1. The topological polar surface area (TPSA) is 67.2 Å². The smallest absolute Gasteiger partial charge is 0.246 e. The summed E-state index contributed by atoms with van der Waals surface area (Å²) >= 11 is 0. The Hall–Kier alpha value is -1.70. The Kier molecular flexibility index (Phi) is 5.34. The van der Waals surface area contributed by atoms with Crippen molar-refractivity contribution in [3.63, 3.8) is 0 Å². The van der Waals surface area contributed by atoms with E-state index in [1.165, 1.54) is 11.8 Å². The molecule has 27 heavy (non-hydrogen) atoms. The van der Waals surface area contributed by atoms with Gasteiger partial charge in [0.2, 0.25) is 10.0 Å². The highest BCUT2D eigenvalue weighted by Crippen LogP contribution is 2.37. The fraction of sp³-hybridized carbons (Fsp3) is 0.550. The summed E-state index contributed by atoms with van der Waals surface area (Å²) < 4.78 is 30.2. The Morgan fingerprint density at radius 3 is 2.74 bits per heavy atom. The number of aromatic nitrogens is 2. The summed E-state index contributed by atoms with van der Waals surface area (Å²) in [5, 5.41) is 7.85. The number of fused-ring (bicyclic) bond motifs is 1. The van der Waals surface area contributed by atoms with E-state index in [0.29, 0.717) is 23.9 Å². The molecule has 2 saturated heterocycles. The lowest BCUT2D eigenvalue weighted by Crippen LogP contribution is -2.58. The van der Waals surface area contributed by atoms with E-state index in [-0.39, 0.29) is 12.1 Å². The second kappa shape index (κ2) is 7.73. The van der Waals surface area contributed by atoms with Crippen LogP contribution in [0.4, 0.5) is 0 Å². The fourth-order valence-corrected chi connectivity index (χ4v) is 6.21. The SMILES string of the molecule is CCn1cc(S(=O)(=O)N2CC[C@H](c3ccccc3)[C@H]3NCCCC[C@H]32)cn1. The molecule has 0 spiro atoms. The second-order valence-corrected chi connectivity index (χ2v) is 9.39. The molecule has 0 unspecified atom stereocenters. The van der Waals surface area contributed by atoms with Gasteiger partial charge in [-0.15, -0.1) is 0 Å². The van der Waals surface area contributed by atoms with Gasteiger partial charge in [-0.05, 0) is 38.3 Å². The van der Waals surface area contributed by atoms with Crippen molar-refractivity contribution in [3.8, 4) is 0 Å². The number of nitrogens with one attached hydrogen (secondary N) is 1. The molecular formula is C20H28N4O2S. The van der Waals surface area contributed by atoms with E-state index in [9.17, 15) is 8.42 Å². The average molecular weight is 389 g/mol. The summed E-state index contributed by atoms with van der Waals surface area (Å²) in [7, 11) is -3.53. The second-order valence-electron chi connectivity index (χ2n) is 7.50. The van der Waals surface area contributed by atoms with Gasteiger partial charge in [0.15, 0.2) is 0 Å². The van der Waals surface area contributed by atoms with Crippen molar-refractivity contribution in [2.45, 2.75) is 62.0 Å². The van der Waals surface area contributed by atoms with Gasteiger partial charge in [-0.2, -0.15) is 9.40 Å². The van der Waals surface area contributed by atoms with Crippen LogP contribution in [0.15, 0.2) is 47.6 Å². The van der Waals surface area contributed by atoms with Crippen molar-refractivity contribution >= 4 is 10.0 Å². The molecular weight excluding hydrogens is 360 g/mol. The molecule has 7 heteroatoms. The molecule has 0 bridgehead atoms. The number of hydrogen-bond acceptors (Lipinski definition) is 4. The summed E-state index contributed by atoms with van der Waals surface area (Å²) in [6, 6.07) is 10.7.